The lowest BCUT2D eigenvalue weighted by molar-refractivity contribution is -0.119. The molecule has 0 aromatic heterocycles. The molecule has 0 aliphatic carbocycles. The molecule has 0 spiro atoms. The van der Waals surface area contributed by atoms with Gasteiger partial charge in [0, 0.05) is 24.3 Å². The summed E-state index contributed by atoms with van der Waals surface area (Å²) in [5.74, 6) is 0.0103. The van der Waals surface area contributed by atoms with Crippen LogP contribution in [0.3, 0.4) is 0 Å². The Hall–Kier alpha value is -1.39. The lowest BCUT2D eigenvalue weighted by Crippen LogP contribution is -2.21. The van der Waals surface area contributed by atoms with E-state index in [1.165, 1.54) is 0 Å². The number of methoxy groups -OCH3 is 1. The molecule has 4 heteroatoms. The number of carbonyl (C=O) groups is 1. The summed E-state index contributed by atoms with van der Waals surface area (Å²) in [6.45, 7) is 3.04. The maximum absolute atomic E-state index is 12.0. The zero-order valence-electron chi connectivity index (χ0n) is 11.1. The second-order valence-corrected chi connectivity index (χ2v) is 4.41. The molecule has 1 unspecified atom stereocenters. The molecule has 0 bridgehead atoms. The normalized spacial score (nSPS) is 12.2. The average molecular weight is 250 g/mol. The van der Waals surface area contributed by atoms with Crippen LogP contribution in [0.1, 0.15) is 25.3 Å². The minimum absolute atomic E-state index is 0.0239. The molecule has 1 aromatic carbocycles. The predicted octanol–water partition coefficient (Wildman–Crippen LogP) is 2.15. The van der Waals surface area contributed by atoms with Crippen molar-refractivity contribution in [3.05, 3.63) is 29.8 Å². The summed E-state index contributed by atoms with van der Waals surface area (Å²) in [5, 5.41) is 2.94. The van der Waals surface area contributed by atoms with E-state index in [9.17, 15) is 4.79 Å². The third kappa shape index (κ3) is 4.47. The summed E-state index contributed by atoms with van der Waals surface area (Å²) in [6.07, 6.45) is 1.68. The Labute approximate surface area is 109 Å². The van der Waals surface area contributed by atoms with E-state index in [2.05, 4.69) is 5.32 Å². The van der Waals surface area contributed by atoms with Crippen LogP contribution in [0, 0.1) is 5.92 Å². The van der Waals surface area contributed by atoms with E-state index >= 15 is 0 Å². The number of nitrogens with two attached hydrogens (primary N) is 1. The first-order valence-electron chi connectivity index (χ1n) is 6.26. The first kappa shape index (κ1) is 14.7. The minimum atomic E-state index is -0.0239. The SMILES string of the molecule is COCc1ccccc1NC(=O)C(C)CCCN. The number of anilines is 1. The van der Waals surface area contributed by atoms with Crippen molar-refractivity contribution in [2.24, 2.45) is 11.7 Å². The number of nitrogens with one attached hydrogen (secondary N) is 1. The van der Waals surface area contributed by atoms with Gasteiger partial charge in [0.05, 0.1) is 6.61 Å². The zero-order valence-corrected chi connectivity index (χ0v) is 11.1. The van der Waals surface area contributed by atoms with Crippen molar-refractivity contribution in [3.8, 4) is 0 Å². The van der Waals surface area contributed by atoms with E-state index < -0.39 is 0 Å². The van der Waals surface area contributed by atoms with Crippen LogP contribution >= 0.6 is 0 Å². The van der Waals surface area contributed by atoms with Crippen molar-refractivity contribution in [3.63, 3.8) is 0 Å². The summed E-state index contributed by atoms with van der Waals surface area (Å²) in [7, 11) is 1.64. The Morgan fingerprint density at radius 3 is 2.83 bits per heavy atom. The molecular formula is C14H22N2O2. The number of amides is 1. The fourth-order valence-electron chi connectivity index (χ4n) is 1.73. The monoisotopic (exact) mass is 250 g/mol. The molecule has 3 N–H and O–H groups in total. The van der Waals surface area contributed by atoms with Gasteiger partial charge in [-0.15, -0.1) is 0 Å². The molecular weight excluding hydrogens is 228 g/mol. The van der Waals surface area contributed by atoms with Crippen LogP contribution in [-0.4, -0.2) is 19.6 Å². The van der Waals surface area contributed by atoms with Crippen LogP contribution in [0.5, 0.6) is 0 Å². The topological polar surface area (TPSA) is 64.3 Å². The van der Waals surface area contributed by atoms with Gasteiger partial charge in [-0.25, -0.2) is 0 Å². The Morgan fingerprint density at radius 1 is 1.44 bits per heavy atom. The van der Waals surface area contributed by atoms with Crippen LogP contribution < -0.4 is 11.1 Å². The number of rotatable bonds is 7. The number of hydrogen-bond acceptors (Lipinski definition) is 3. The molecule has 1 amide bonds. The third-order valence-electron chi connectivity index (χ3n) is 2.86. The number of para-hydroxylation sites is 1. The van der Waals surface area contributed by atoms with Crippen LogP contribution in [0.4, 0.5) is 5.69 Å². The van der Waals surface area contributed by atoms with Crippen LogP contribution in [0.15, 0.2) is 24.3 Å². The second kappa shape index (κ2) is 7.84. The van der Waals surface area contributed by atoms with Gasteiger partial charge in [0.25, 0.3) is 0 Å². The Balaban J connectivity index is 2.63. The van der Waals surface area contributed by atoms with Gasteiger partial charge in [0.15, 0.2) is 0 Å². The van der Waals surface area contributed by atoms with Crippen molar-refractivity contribution in [2.75, 3.05) is 19.0 Å². The molecule has 18 heavy (non-hydrogen) atoms. The van der Waals surface area contributed by atoms with Crippen LogP contribution in [0.2, 0.25) is 0 Å². The quantitative estimate of drug-likeness (QED) is 0.779. The molecule has 0 saturated carbocycles. The van der Waals surface area contributed by atoms with E-state index in [-0.39, 0.29) is 11.8 Å². The van der Waals surface area contributed by atoms with E-state index in [4.69, 9.17) is 10.5 Å². The minimum Gasteiger partial charge on any atom is -0.380 e. The molecule has 100 valence electrons. The summed E-state index contributed by atoms with van der Waals surface area (Å²) in [6, 6.07) is 7.67. The standard InChI is InChI=1S/C14H22N2O2/c1-11(6-5-9-15)14(17)16-13-8-4-3-7-12(13)10-18-2/h3-4,7-8,11H,5-6,9-10,15H2,1-2H3,(H,16,17). The Morgan fingerprint density at radius 2 is 2.17 bits per heavy atom. The summed E-state index contributed by atoms with van der Waals surface area (Å²) < 4.78 is 5.11. The van der Waals surface area contributed by atoms with Gasteiger partial charge in [-0.1, -0.05) is 25.1 Å². The predicted molar refractivity (Wildman–Crippen MR) is 73.2 cm³/mol. The summed E-state index contributed by atoms with van der Waals surface area (Å²) in [5.41, 5.74) is 7.25. The fourth-order valence-corrected chi connectivity index (χ4v) is 1.73. The van der Waals surface area contributed by atoms with Gasteiger partial charge in [-0.05, 0) is 25.5 Å². The molecule has 1 aromatic rings. The molecule has 0 saturated heterocycles. The molecule has 0 heterocycles. The van der Waals surface area contributed by atoms with E-state index in [0.29, 0.717) is 13.2 Å². The highest BCUT2D eigenvalue weighted by Gasteiger charge is 2.13. The highest BCUT2D eigenvalue weighted by molar-refractivity contribution is 5.92. The van der Waals surface area contributed by atoms with E-state index in [1.54, 1.807) is 7.11 Å². The maximum atomic E-state index is 12.0. The van der Waals surface area contributed by atoms with Gasteiger partial charge in [-0.3, -0.25) is 4.79 Å². The summed E-state index contributed by atoms with van der Waals surface area (Å²) >= 11 is 0. The Bertz CT molecular complexity index is 380. The largest absolute Gasteiger partial charge is 0.380 e. The highest BCUT2D eigenvalue weighted by Crippen LogP contribution is 2.17. The second-order valence-electron chi connectivity index (χ2n) is 4.41. The fraction of sp³-hybridized carbons (Fsp3) is 0.500. The smallest absolute Gasteiger partial charge is 0.227 e. The van der Waals surface area contributed by atoms with Crippen LogP contribution in [-0.2, 0) is 16.1 Å². The number of benzene rings is 1. The number of carbonyl (C=O) groups excluding carboxylic acids is 1. The first-order valence-corrected chi connectivity index (χ1v) is 6.26. The molecule has 4 nitrogen and oxygen atoms in total. The third-order valence-corrected chi connectivity index (χ3v) is 2.86. The lowest BCUT2D eigenvalue weighted by atomic mass is 10.0. The first-order chi connectivity index (χ1) is 8.69. The summed E-state index contributed by atoms with van der Waals surface area (Å²) in [4.78, 5) is 12.0. The molecule has 0 fully saturated rings. The van der Waals surface area contributed by atoms with Crippen molar-refractivity contribution in [2.45, 2.75) is 26.4 Å². The molecule has 0 radical (unpaired) electrons. The highest BCUT2D eigenvalue weighted by atomic mass is 16.5. The Kier molecular flexibility index (Phi) is 6.39. The van der Waals surface area contributed by atoms with Gasteiger partial charge >= 0.3 is 0 Å². The lowest BCUT2D eigenvalue weighted by Gasteiger charge is -2.14. The molecule has 1 atom stereocenters. The maximum Gasteiger partial charge on any atom is 0.227 e. The van der Waals surface area contributed by atoms with Crippen molar-refractivity contribution in [1.82, 2.24) is 0 Å². The van der Waals surface area contributed by atoms with Crippen molar-refractivity contribution in [1.29, 1.82) is 0 Å². The molecule has 1 rings (SSSR count). The molecule has 0 aliphatic rings. The van der Waals surface area contributed by atoms with Gasteiger partial charge < -0.3 is 15.8 Å². The van der Waals surface area contributed by atoms with Gasteiger partial charge in [0.1, 0.15) is 0 Å². The van der Waals surface area contributed by atoms with Crippen molar-refractivity contribution >= 4 is 11.6 Å². The van der Waals surface area contributed by atoms with E-state index in [1.807, 2.05) is 31.2 Å². The molecule has 0 aliphatic heterocycles. The van der Waals surface area contributed by atoms with E-state index in [0.717, 1.165) is 24.1 Å². The number of hydrogen-bond donors (Lipinski definition) is 2. The van der Waals surface area contributed by atoms with Gasteiger partial charge in [0.2, 0.25) is 5.91 Å². The number of ether oxygens (including phenoxy) is 1. The zero-order chi connectivity index (χ0) is 13.4. The average Bonchev–Trinajstić information content (AvgIpc) is 2.38. The van der Waals surface area contributed by atoms with Gasteiger partial charge in [-0.2, -0.15) is 0 Å². The van der Waals surface area contributed by atoms with Crippen LogP contribution in [0.25, 0.3) is 0 Å². The van der Waals surface area contributed by atoms with Crippen molar-refractivity contribution < 1.29 is 9.53 Å².